The summed E-state index contributed by atoms with van der Waals surface area (Å²) in [6, 6.07) is 10.8. The third-order valence-electron chi connectivity index (χ3n) is 5.98. The second-order valence-corrected chi connectivity index (χ2v) is 9.08. The summed E-state index contributed by atoms with van der Waals surface area (Å²) in [7, 11) is 0. The number of aryl methyl sites for hydroxylation is 2. The van der Waals surface area contributed by atoms with Gasteiger partial charge in [0.25, 0.3) is 0 Å². The van der Waals surface area contributed by atoms with Crippen LogP contribution in [0.2, 0.25) is 0 Å². The Bertz CT molecular complexity index is 921. The highest BCUT2D eigenvalue weighted by Gasteiger charge is 2.23. The van der Waals surface area contributed by atoms with Crippen LogP contribution in [0.15, 0.2) is 24.3 Å². The fourth-order valence-corrected chi connectivity index (χ4v) is 5.64. The standard InChI is InChI=1S/C23H28N4OS/c1-17-7-5-6-9-20(17)27-13-11-26(12-14-27)16-22(28)25-23-19(15-24)18-8-3-2-4-10-21(18)29-23/h5-7,9H,2-4,8,10-14,16H2,1H3,(H,25,28). The summed E-state index contributed by atoms with van der Waals surface area (Å²) in [6.07, 6.45) is 5.53. The highest BCUT2D eigenvalue weighted by atomic mass is 32.1. The van der Waals surface area contributed by atoms with Gasteiger partial charge in [0.1, 0.15) is 11.1 Å². The first kappa shape index (κ1) is 19.9. The molecule has 2 heterocycles. The number of para-hydroxylation sites is 1. The SMILES string of the molecule is Cc1ccccc1N1CCN(CC(=O)Nc2sc3c(c2C#N)CCCCC3)CC1. The van der Waals surface area contributed by atoms with Gasteiger partial charge in [0.15, 0.2) is 0 Å². The van der Waals surface area contributed by atoms with E-state index < -0.39 is 0 Å². The predicted molar refractivity (Wildman–Crippen MR) is 119 cm³/mol. The van der Waals surface area contributed by atoms with Crippen molar-refractivity contribution in [3.8, 4) is 6.07 Å². The molecular formula is C23H28N4OS. The number of rotatable bonds is 4. The molecule has 1 fully saturated rings. The fourth-order valence-electron chi connectivity index (χ4n) is 4.38. The Morgan fingerprint density at radius 2 is 1.90 bits per heavy atom. The van der Waals surface area contributed by atoms with E-state index in [1.54, 1.807) is 11.3 Å². The molecule has 1 aromatic carbocycles. The van der Waals surface area contributed by atoms with Crippen molar-refractivity contribution in [3.63, 3.8) is 0 Å². The third kappa shape index (κ3) is 4.47. The summed E-state index contributed by atoms with van der Waals surface area (Å²) in [5.41, 5.74) is 4.46. The van der Waals surface area contributed by atoms with Crippen molar-refractivity contribution in [2.75, 3.05) is 42.9 Å². The van der Waals surface area contributed by atoms with Gasteiger partial charge in [0.05, 0.1) is 12.1 Å². The van der Waals surface area contributed by atoms with E-state index >= 15 is 0 Å². The number of fused-ring (bicyclic) bond motifs is 1. The van der Waals surface area contributed by atoms with Gasteiger partial charge in [-0.1, -0.05) is 24.6 Å². The number of amides is 1. The molecule has 1 N–H and O–H groups in total. The number of nitriles is 1. The molecule has 29 heavy (non-hydrogen) atoms. The lowest BCUT2D eigenvalue weighted by molar-refractivity contribution is -0.117. The minimum absolute atomic E-state index is 0.0118. The van der Waals surface area contributed by atoms with Crippen LogP contribution >= 0.6 is 11.3 Å². The molecule has 0 saturated carbocycles. The number of nitrogens with zero attached hydrogens (tertiary/aromatic N) is 3. The molecule has 1 aliphatic heterocycles. The van der Waals surface area contributed by atoms with Crippen LogP contribution in [0.5, 0.6) is 0 Å². The van der Waals surface area contributed by atoms with Crippen molar-refractivity contribution in [3.05, 3.63) is 45.8 Å². The van der Waals surface area contributed by atoms with Crippen LogP contribution < -0.4 is 10.2 Å². The number of anilines is 2. The molecule has 0 unspecified atom stereocenters. The summed E-state index contributed by atoms with van der Waals surface area (Å²) in [5, 5.41) is 13.4. The molecule has 0 bridgehead atoms. The fraction of sp³-hybridized carbons (Fsp3) is 0.478. The van der Waals surface area contributed by atoms with E-state index in [9.17, 15) is 10.1 Å². The maximum atomic E-state index is 12.7. The lowest BCUT2D eigenvalue weighted by Crippen LogP contribution is -2.48. The van der Waals surface area contributed by atoms with E-state index in [0.717, 1.165) is 50.4 Å². The number of carbonyl (C=O) groups excluding carboxylic acids is 1. The van der Waals surface area contributed by atoms with Gasteiger partial charge in [-0.2, -0.15) is 5.26 Å². The highest BCUT2D eigenvalue weighted by Crippen LogP contribution is 2.37. The molecule has 0 atom stereocenters. The number of carbonyl (C=O) groups is 1. The normalized spacial score (nSPS) is 17.3. The number of piperazine rings is 1. The maximum absolute atomic E-state index is 12.7. The third-order valence-corrected chi connectivity index (χ3v) is 7.19. The van der Waals surface area contributed by atoms with E-state index in [0.29, 0.717) is 12.1 Å². The van der Waals surface area contributed by atoms with Gasteiger partial charge >= 0.3 is 0 Å². The molecule has 4 rings (SSSR count). The first-order chi connectivity index (χ1) is 14.2. The van der Waals surface area contributed by atoms with Crippen molar-refractivity contribution in [2.45, 2.75) is 39.0 Å². The minimum Gasteiger partial charge on any atom is -0.369 e. The van der Waals surface area contributed by atoms with Crippen molar-refractivity contribution in [1.29, 1.82) is 5.26 Å². The van der Waals surface area contributed by atoms with Gasteiger partial charge in [-0.25, -0.2) is 0 Å². The quantitative estimate of drug-likeness (QED) is 0.778. The number of hydrogen-bond acceptors (Lipinski definition) is 5. The average molecular weight is 409 g/mol. The Balaban J connectivity index is 1.34. The van der Waals surface area contributed by atoms with Crippen molar-refractivity contribution in [2.24, 2.45) is 0 Å². The Kier molecular flexibility index (Phi) is 6.17. The number of nitrogens with one attached hydrogen (secondary N) is 1. The smallest absolute Gasteiger partial charge is 0.239 e. The van der Waals surface area contributed by atoms with Gasteiger partial charge in [-0.05, 0) is 49.8 Å². The number of hydrogen-bond donors (Lipinski definition) is 1. The van der Waals surface area contributed by atoms with Gasteiger partial charge in [0, 0.05) is 36.7 Å². The molecule has 152 valence electrons. The zero-order valence-electron chi connectivity index (χ0n) is 17.0. The van der Waals surface area contributed by atoms with E-state index in [4.69, 9.17) is 0 Å². The van der Waals surface area contributed by atoms with Crippen LogP contribution in [0.25, 0.3) is 0 Å². The summed E-state index contributed by atoms with van der Waals surface area (Å²) in [5.74, 6) is -0.0118. The first-order valence-electron chi connectivity index (χ1n) is 10.5. The van der Waals surface area contributed by atoms with Crippen LogP contribution in [-0.4, -0.2) is 43.5 Å². The molecule has 1 aliphatic carbocycles. The average Bonchev–Trinajstić information content (AvgIpc) is 2.88. The van der Waals surface area contributed by atoms with Crippen LogP contribution in [0, 0.1) is 18.3 Å². The lowest BCUT2D eigenvalue weighted by atomic mass is 10.1. The monoisotopic (exact) mass is 408 g/mol. The van der Waals surface area contributed by atoms with E-state index in [-0.39, 0.29) is 5.91 Å². The zero-order valence-corrected chi connectivity index (χ0v) is 17.9. The highest BCUT2D eigenvalue weighted by molar-refractivity contribution is 7.16. The Morgan fingerprint density at radius 1 is 1.14 bits per heavy atom. The van der Waals surface area contributed by atoms with Gasteiger partial charge in [0.2, 0.25) is 5.91 Å². The van der Waals surface area contributed by atoms with E-state index in [1.165, 1.54) is 34.5 Å². The summed E-state index contributed by atoms with van der Waals surface area (Å²) in [4.78, 5) is 18.6. The van der Waals surface area contributed by atoms with Crippen LogP contribution in [-0.2, 0) is 17.6 Å². The Morgan fingerprint density at radius 3 is 2.66 bits per heavy atom. The molecule has 1 saturated heterocycles. The second kappa shape index (κ2) is 8.98. The van der Waals surface area contributed by atoms with Gasteiger partial charge in [-0.3, -0.25) is 9.69 Å². The lowest BCUT2D eigenvalue weighted by Gasteiger charge is -2.36. The zero-order chi connectivity index (χ0) is 20.2. The molecule has 1 aromatic heterocycles. The molecule has 2 aliphatic rings. The Hall–Kier alpha value is -2.36. The van der Waals surface area contributed by atoms with Gasteiger partial charge < -0.3 is 10.2 Å². The molecule has 0 radical (unpaired) electrons. The van der Waals surface area contributed by atoms with Crippen molar-refractivity contribution < 1.29 is 4.79 Å². The summed E-state index contributed by atoms with van der Waals surface area (Å²) in [6.45, 7) is 6.12. The molecule has 0 spiro atoms. The predicted octanol–water partition coefficient (Wildman–Crippen LogP) is 3.96. The van der Waals surface area contributed by atoms with E-state index in [1.807, 2.05) is 0 Å². The van der Waals surface area contributed by atoms with Crippen molar-refractivity contribution in [1.82, 2.24) is 4.90 Å². The molecule has 5 nitrogen and oxygen atoms in total. The first-order valence-corrected chi connectivity index (χ1v) is 11.3. The molecule has 1 amide bonds. The second-order valence-electron chi connectivity index (χ2n) is 7.98. The largest absolute Gasteiger partial charge is 0.369 e. The molecular weight excluding hydrogens is 380 g/mol. The molecule has 6 heteroatoms. The summed E-state index contributed by atoms with van der Waals surface area (Å²) >= 11 is 1.61. The molecule has 2 aromatic rings. The van der Waals surface area contributed by atoms with Crippen LogP contribution in [0.3, 0.4) is 0 Å². The van der Waals surface area contributed by atoms with Crippen LogP contribution in [0.4, 0.5) is 10.7 Å². The van der Waals surface area contributed by atoms with E-state index in [2.05, 4.69) is 52.4 Å². The number of benzene rings is 1. The van der Waals surface area contributed by atoms with Gasteiger partial charge in [-0.15, -0.1) is 11.3 Å². The topological polar surface area (TPSA) is 59.4 Å². The van der Waals surface area contributed by atoms with Crippen molar-refractivity contribution >= 4 is 27.9 Å². The number of thiophene rings is 1. The summed E-state index contributed by atoms with van der Waals surface area (Å²) < 4.78 is 0. The Labute approximate surface area is 176 Å². The van der Waals surface area contributed by atoms with Crippen LogP contribution in [0.1, 0.15) is 40.8 Å². The maximum Gasteiger partial charge on any atom is 0.239 e. The minimum atomic E-state index is -0.0118.